The highest BCUT2D eigenvalue weighted by molar-refractivity contribution is 7.91. The van der Waals surface area contributed by atoms with Crippen LogP contribution in [0.1, 0.15) is 35.8 Å². The molecular weight excluding hydrogens is 429 g/mol. The number of hydrogen-bond acceptors (Lipinski definition) is 4. The summed E-state index contributed by atoms with van der Waals surface area (Å²) < 4.78 is 64.4. The van der Waals surface area contributed by atoms with E-state index in [1.807, 2.05) is 13.8 Å². The van der Waals surface area contributed by atoms with Gasteiger partial charge in [0.15, 0.2) is 9.84 Å². The van der Waals surface area contributed by atoms with Crippen molar-refractivity contribution in [2.45, 2.75) is 37.5 Å². The van der Waals surface area contributed by atoms with E-state index in [1.54, 1.807) is 12.1 Å². The molecule has 0 bridgehead atoms. The molecule has 0 aliphatic carbocycles. The van der Waals surface area contributed by atoms with Crippen LogP contribution in [-0.2, 0) is 16.3 Å². The van der Waals surface area contributed by atoms with Gasteiger partial charge in [-0.1, -0.05) is 61.8 Å². The molecule has 2 N–H and O–H groups in total. The topological polar surface area (TPSA) is 74.6 Å². The minimum Gasteiger partial charge on any atom is -0.358 e. The highest BCUT2D eigenvalue weighted by Gasteiger charge is 2.56. The zero-order valence-corrected chi connectivity index (χ0v) is 17.4. The lowest BCUT2D eigenvalue weighted by molar-refractivity contribution is -0.337. The van der Waals surface area contributed by atoms with Crippen LogP contribution in [0.5, 0.6) is 0 Å². The molecule has 0 spiro atoms. The molecule has 160 valence electrons. The predicted molar refractivity (Wildman–Crippen MR) is 105 cm³/mol. The van der Waals surface area contributed by atoms with E-state index >= 15 is 0 Å². The lowest BCUT2D eigenvalue weighted by Crippen LogP contribution is -2.51. The molecule has 0 radical (unpaired) electrons. The smallest absolute Gasteiger partial charge is 0.358 e. The number of hydrogen-bond donors (Lipinski definition) is 2. The van der Waals surface area contributed by atoms with E-state index in [4.69, 9.17) is 11.6 Å². The van der Waals surface area contributed by atoms with E-state index in [0.29, 0.717) is 10.9 Å². The summed E-state index contributed by atoms with van der Waals surface area (Å²) in [5.41, 5.74) is 1.34. The molecule has 0 heterocycles. The van der Waals surface area contributed by atoms with Gasteiger partial charge in [-0.05, 0) is 41.2 Å². The third-order valence-corrected chi connectivity index (χ3v) is 6.63. The van der Waals surface area contributed by atoms with Gasteiger partial charge in [-0.25, -0.2) is 8.42 Å². The maximum atomic E-state index is 12.9. The van der Waals surface area contributed by atoms with Crippen molar-refractivity contribution >= 4 is 21.4 Å². The minimum absolute atomic E-state index is 0.170. The SMILES string of the molecule is CC(C)Cc1ccc(C(c2ccc(Cl)cc2)S(=O)(=O)CC(O)(O)C(F)(F)F)cc1. The van der Waals surface area contributed by atoms with Crippen LogP contribution in [0.2, 0.25) is 5.02 Å². The van der Waals surface area contributed by atoms with E-state index in [2.05, 4.69) is 0 Å². The third-order valence-electron chi connectivity index (χ3n) is 4.31. The van der Waals surface area contributed by atoms with Crippen molar-refractivity contribution in [3.63, 3.8) is 0 Å². The molecule has 0 aliphatic rings. The molecule has 29 heavy (non-hydrogen) atoms. The first-order chi connectivity index (χ1) is 13.2. The van der Waals surface area contributed by atoms with Crippen LogP contribution >= 0.6 is 11.6 Å². The van der Waals surface area contributed by atoms with E-state index < -0.39 is 32.8 Å². The molecule has 0 aromatic heterocycles. The van der Waals surface area contributed by atoms with Gasteiger partial charge < -0.3 is 10.2 Å². The van der Waals surface area contributed by atoms with Gasteiger partial charge >= 0.3 is 6.18 Å². The Labute approximate surface area is 172 Å². The molecule has 0 amide bonds. The molecule has 9 heteroatoms. The monoisotopic (exact) mass is 450 g/mol. The molecule has 0 aliphatic heterocycles. The van der Waals surface area contributed by atoms with Gasteiger partial charge in [0.25, 0.3) is 5.79 Å². The van der Waals surface area contributed by atoms with Crippen molar-refractivity contribution in [1.82, 2.24) is 0 Å². The third kappa shape index (κ3) is 5.94. The van der Waals surface area contributed by atoms with Crippen molar-refractivity contribution in [2.75, 3.05) is 5.75 Å². The molecule has 2 aromatic carbocycles. The molecule has 2 aromatic rings. The average molecular weight is 451 g/mol. The summed E-state index contributed by atoms with van der Waals surface area (Å²) in [6.07, 6.45) is -4.77. The number of sulfone groups is 1. The molecule has 0 saturated heterocycles. The fourth-order valence-corrected chi connectivity index (χ4v) is 5.15. The zero-order chi connectivity index (χ0) is 22.0. The van der Waals surface area contributed by atoms with Gasteiger partial charge in [0.1, 0.15) is 11.0 Å². The van der Waals surface area contributed by atoms with E-state index in [1.165, 1.54) is 36.4 Å². The van der Waals surface area contributed by atoms with Crippen LogP contribution < -0.4 is 0 Å². The van der Waals surface area contributed by atoms with Crippen LogP contribution in [0.3, 0.4) is 0 Å². The van der Waals surface area contributed by atoms with Gasteiger partial charge in [0, 0.05) is 5.02 Å². The summed E-state index contributed by atoms with van der Waals surface area (Å²) in [4.78, 5) is 0. The maximum absolute atomic E-state index is 12.9. The number of rotatable bonds is 7. The van der Waals surface area contributed by atoms with Crippen molar-refractivity contribution in [2.24, 2.45) is 5.92 Å². The number of benzene rings is 2. The van der Waals surface area contributed by atoms with Crippen LogP contribution in [0.4, 0.5) is 13.2 Å². The molecular formula is C20H22ClF3O4S. The minimum atomic E-state index is -5.52. The Morgan fingerprint density at radius 2 is 1.38 bits per heavy atom. The summed E-state index contributed by atoms with van der Waals surface area (Å²) in [6.45, 7) is 4.04. The average Bonchev–Trinajstić information content (AvgIpc) is 2.56. The lowest BCUT2D eigenvalue weighted by atomic mass is 9.99. The fraction of sp³-hybridized carbons (Fsp3) is 0.400. The van der Waals surface area contributed by atoms with Crippen LogP contribution in [0.15, 0.2) is 48.5 Å². The second-order valence-electron chi connectivity index (χ2n) is 7.39. The summed E-state index contributed by atoms with van der Waals surface area (Å²) >= 11 is 5.83. The molecule has 2 rings (SSSR count). The van der Waals surface area contributed by atoms with Gasteiger partial charge in [0.2, 0.25) is 0 Å². The van der Waals surface area contributed by atoms with E-state index in [-0.39, 0.29) is 11.1 Å². The Bertz CT molecular complexity index is 922. The Morgan fingerprint density at radius 3 is 1.79 bits per heavy atom. The zero-order valence-electron chi connectivity index (χ0n) is 15.8. The quantitative estimate of drug-likeness (QED) is 0.617. The number of aliphatic hydroxyl groups is 2. The largest absolute Gasteiger partial charge is 0.443 e. The van der Waals surface area contributed by atoms with Crippen LogP contribution in [-0.4, -0.2) is 36.3 Å². The number of halogens is 4. The van der Waals surface area contributed by atoms with Gasteiger partial charge in [-0.15, -0.1) is 0 Å². The second kappa shape index (κ2) is 8.63. The molecule has 1 unspecified atom stereocenters. The first-order valence-corrected chi connectivity index (χ1v) is 10.9. The normalized spacial score (nSPS) is 14.2. The van der Waals surface area contributed by atoms with Gasteiger partial charge in [-0.2, -0.15) is 13.2 Å². The molecule has 4 nitrogen and oxygen atoms in total. The predicted octanol–water partition coefficient (Wildman–Crippen LogP) is 4.29. The fourth-order valence-electron chi connectivity index (χ4n) is 2.99. The Hall–Kier alpha value is -1.61. The van der Waals surface area contributed by atoms with Crippen molar-refractivity contribution in [3.05, 3.63) is 70.2 Å². The molecule has 0 fully saturated rings. The van der Waals surface area contributed by atoms with Crippen LogP contribution in [0, 0.1) is 5.92 Å². The van der Waals surface area contributed by atoms with E-state index in [0.717, 1.165) is 12.0 Å². The highest BCUT2D eigenvalue weighted by atomic mass is 35.5. The first-order valence-electron chi connectivity index (χ1n) is 8.80. The standard InChI is InChI=1S/C20H22ClF3O4S/c1-13(2)11-14-3-5-15(6-4-14)18(16-7-9-17(21)10-8-16)29(27,28)12-19(25,26)20(22,23)24/h3-10,13,18,25-26H,11-12H2,1-2H3. The highest BCUT2D eigenvalue weighted by Crippen LogP contribution is 2.37. The van der Waals surface area contributed by atoms with Crippen LogP contribution in [0.25, 0.3) is 0 Å². The Balaban J connectivity index is 2.52. The Kier molecular flexibility index (Phi) is 7.05. The summed E-state index contributed by atoms with van der Waals surface area (Å²) in [5.74, 6) is -5.90. The Morgan fingerprint density at radius 1 is 0.931 bits per heavy atom. The van der Waals surface area contributed by atoms with Crippen molar-refractivity contribution in [3.8, 4) is 0 Å². The van der Waals surface area contributed by atoms with Crippen molar-refractivity contribution in [1.29, 1.82) is 0 Å². The maximum Gasteiger partial charge on any atom is 0.443 e. The van der Waals surface area contributed by atoms with Gasteiger partial charge in [-0.3, -0.25) is 0 Å². The summed E-state index contributed by atoms with van der Waals surface area (Å²) in [7, 11) is -4.68. The summed E-state index contributed by atoms with van der Waals surface area (Å²) in [6, 6.07) is 12.1. The van der Waals surface area contributed by atoms with E-state index in [9.17, 15) is 31.8 Å². The second-order valence-corrected chi connectivity index (χ2v) is 9.91. The lowest BCUT2D eigenvalue weighted by Gasteiger charge is -2.27. The van der Waals surface area contributed by atoms with Crippen molar-refractivity contribution < 1.29 is 31.8 Å². The summed E-state index contributed by atoms with van der Waals surface area (Å²) in [5, 5.41) is 17.5. The van der Waals surface area contributed by atoms with Gasteiger partial charge in [0.05, 0.1) is 0 Å². The molecule has 1 atom stereocenters. The first kappa shape index (κ1) is 23.7. The number of alkyl halides is 3. The molecule has 0 saturated carbocycles.